The van der Waals surface area contributed by atoms with Crippen molar-refractivity contribution in [1.29, 1.82) is 0 Å². The van der Waals surface area contributed by atoms with Gasteiger partial charge in [0.25, 0.3) is 5.91 Å². The summed E-state index contributed by atoms with van der Waals surface area (Å²) in [5, 5.41) is 4.66. The molecule has 0 aromatic heterocycles. The number of urea groups is 1. The van der Waals surface area contributed by atoms with Gasteiger partial charge in [-0.05, 0) is 45.2 Å². The second-order valence-corrected chi connectivity index (χ2v) is 6.12. The molecule has 0 unspecified atom stereocenters. The van der Waals surface area contributed by atoms with Crippen molar-refractivity contribution < 1.29 is 28.6 Å². The molecule has 0 saturated heterocycles. The van der Waals surface area contributed by atoms with Crippen molar-refractivity contribution in [3.63, 3.8) is 0 Å². The van der Waals surface area contributed by atoms with Gasteiger partial charge in [-0.1, -0.05) is 12.2 Å². The molecule has 8 heteroatoms. The van der Waals surface area contributed by atoms with Crippen molar-refractivity contribution in [1.82, 2.24) is 5.32 Å². The van der Waals surface area contributed by atoms with Crippen LogP contribution in [-0.4, -0.2) is 37.7 Å². The number of hydrogen-bond acceptors (Lipinski definition) is 6. The van der Waals surface area contributed by atoms with Gasteiger partial charge in [0.15, 0.2) is 18.1 Å². The van der Waals surface area contributed by atoms with Crippen LogP contribution in [0, 0.1) is 5.92 Å². The van der Waals surface area contributed by atoms with Gasteiger partial charge in [0.2, 0.25) is 0 Å². The molecule has 2 N–H and O–H groups in total. The molecular formula is C20H26N2O6. The maximum absolute atomic E-state index is 12.0. The minimum absolute atomic E-state index is 0.229. The van der Waals surface area contributed by atoms with E-state index < -0.39 is 24.5 Å². The lowest BCUT2D eigenvalue weighted by molar-refractivity contribution is -0.152. The number of hydrogen-bond donors (Lipinski definition) is 2. The van der Waals surface area contributed by atoms with Crippen molar-refractivity contribution in [2.75, 3.05) is 25.1 Å². The topological polar surface area (TPSA) is 103 Å². The number of anilines is 1. The third-order valence-electron chi connectivity index (χ3n) is 4.00. The van der Waals surface area contributed by atoms with Gasteiger partial charge < -0.3 is 19.5 Å². The van der Waals surface area contributed by atoms with E-state index in [1.165, 1.54) is 0 Å². The molecule has 0 spiro atoms. The lowest BCUT2D eigenvalue weighted by Gasteiger charge is -2.16. The molecule has 1 aromatic rings. The highest BCUT2D eigenvalue weighted by molar-refractivity contribution is 6.02. The van der Waals surface area contributed by atoms with Crippen molar-refractivity contribution in [2.24, 2.45) is 5.92 Å². The first-order valence-electron chi connectivity index (χ1n) is 9.35. The fourth-order valence-corrected chi connectivity index (χ4v) is 2.72. The number of esters is 1. The molecule has 0 bridgehead atoms. The number of carbonyl (C=O) groups excluding carboxylic acids is 3. The molecule has 1 aliphatic carbocycles. The summed E-state index contributed by atoms with van der Waals surface area (Å²) in [4.78, 5) is 35.7. The second kappa shape index (κ2) is 11.0. The van der Waals surface area contributed by atoms with Crippen LogP contribution in [0.15, 0.2) is 30.4 Å². The zero-order valence-electron chi connectivity index (χ0n) is 16.2. The molecule has 152 valence electrons. The number of allylic oxidation sites excluding steroid dienone is 2. The van der Waals surface area contributed by atoms with E-state index in [-0.39, 0.29) is 5.92 Å². The highest BCUT2D eigenvalue weighted by atomic mass is 16.5. The fourth-order valence-electron chi connectivity index (χ4n) is 2.72. The smallest absolute Gasteiger partial charge is 0.325 e. The van der Waals surface area contributed by atoms with Crippen LogP contribution in [0.3, 0.4) is 0 Å². The summed E-state index contributed by atoms with van der Waals surface area (Å²) in [6.45, 7) is 4.12. The zero-order chi connectivity index (χ0) is 20.4. The molecule has 1 aliphatic rings. The predicted octanol–water partition coefficient (Wildman–Crippen LogP) is 3.03. The molecule has 3 amide bonds. The number of carbonyl (C=O) groups is 3. The average molecular weight is 390 g/mol. The van der Waals surface area contributed by atoms with Gasteiger partial charge in [-0.2, -0.15) is 0 Å². The SMILES string of the molecule is CCOc1ccc(NC(=O)NC(=O)COC(=O)[C@@H]2CC=CCC2)cc1OCC. The van der Waals surface area contributed by atoms with E-state index in [1.54, 1.807) is 18.2 Å². The van der Waals surface area contributed by atoms with Crippen molar-refractivity contribution in [2.45, 2.75) is 33.1 Å². The normalized spacial score (nSPS) is 15.4. The van der Waals surface area contributed by atoms with Crippen LogP contribution < -0.4 is 20.1 Å². The molecule has 0 saturated carbocycles. The molecule has 2 rings (SSSR count). The highest BCUT2D eigenvalue weighted by Gasteiger charge is 2.21. The van der Waals surface area contributed by atoms with Gasteiger partial charge in [0, 0.05) is 11.8 Å². The minimum atomic E-state index is -0.728. The van der Waals surface area contributed by atoms with Crippen molar-refractivity contribution in [3.05, 3.63) is 30.4 Å². The maximum Gasteiger partial charge on any atom is 0.325 e. The zero-order valence-corrected chi connectivity index (χ0v) is 16.2. The average Bonchev–Trinajstić information content (AvgIpc) is 2.69. The van der Waals surface area contributed by atoms with Gasteiger partial charge in [0.05, 0.1) is 19.1 Å². The van der Waals surface area contributed by atoms with Crippen LogP contribution in [-0.2, 0) is 14.3 Å². The Morgan fingerprint density at radius 2 is 1.82 bits per heavy atom. The molecule has 0 radical (unpaired) electrons. The van der Waals surface area contributed by atoms with E-state index in [0.717, 1.165) is 6.42 Å². The summed E-state index contributed by atoms with van der Waals surface area (Å²) in [5.74, 6) is -0.298. The highest BCUT2D eigenvalue weighted by Crippen LogP contribution is 2.30. The predicted molar refractivity (Wildman–Crippen MR) is 103 cm³/mol. The lowest BCUT2D eigenvalue weighted by atomic mass is 9.95. The number of rotatable bonds is 8. The number of ether oxygens (including phenoxy) is 3. The van der Waals surface area contributed by atoms with Crippen molar-refractivity contribution in [3.8, 4) is 11.5 Å². The van der Waals surface area contributed by atoms with Crippen LogP contribution in [0.25, 0.3) is 0 Å². The molecule has 1 aromatic carbocycles. The van der Waals surface area contributed by atoms with E-state index >= 15 is 0 Å². The Hall–Kier alpha value is -3.03. The minimum Gasteiger partial charge on any atom is -0.490 e. The Labute approximate surface area is 164 Å². The first kappa shape index (κ1) is 21.3. The largest absolute Gasteiger partial charge is 0.490 e. The molecule has 0 aliphatic heterocycles. The quantitative estimate of drug-likeness (QED) is 0.522. The third kappa shape index (κ3) is 6.61. The van der Waals surface area contributed by atoms with Crippen LogP contribution in [0.5, 0.6) is 11.5 Å². The summed E-state index contributed by atoms with van der Waals surface area (Å²) >= 11 is 0. The first-order chi connectivity index (χ1) is 13.5. The van der Waals surface area contributed by atoms with Crippen LogP contribution in [0.2, 0.25) is 0 Å². The molecule has 28 heavy (non-hydrogen) atoms. The number of imide groups is 1. The van der Waals surface area contributed by atoms with E-state index in [1.807, 2.05) is 26.0 Å². The molecule has 0 fully saturated rings. The monoisotopic (exact) mass is 390 g/mol. The van der Waals surface area contributed by atoms with Crippen molar-refractivity contribution >= 4 is 23.6 Å². The summed E-state index contributed by atoms with van der Waals surface area (Å²) in [6, 6.07) is 4.18. The van der Waals surface area contributed by atoms with Gasteiger partial charge in [-0.25, -0.2) is 4.79 Å². The number of benzene rings is 1. The van der Waals surface area contributed by atoms with E-state index in [4.69, 9.17) is 14.2 Å². The maximum atomic E-state index is 12.0. The molecular weight excluding hydrogens is 364 g/mol. The lowest BCUT2D eigenvalue weighted by Crippen LogP contribution is -2.37. The van der Waals surface area contributed by atoms with Gasteiger partial charge in [-0.15, -0.1) is 0 Å². The summed E-state index contributed by atoms with van der Waals surface area (Å²) < 4.78 is 15.9. The summed E-state index contributed by atoms with van der Waals surface area (Å²) in [7, 11) is 0. The summed E-state index contributed by atoms with van der Waals surface area (Å²) in [5.41, 5.74) is 0.434. The Bertz CT molecular complexity index is 731. The molecule has 0 heterocycles. The van der Waals surface area contributed by atoms with Crippen LogP contribution in [0.4, 0.5) is 10.5 Å². The Morgan fingerprint density at radius 1 is 1.07 bits per heavy atom. The fraction of sp³-hybridized carbons (Fsp3) is 0.450. The Balaban J connectivity index is 1.82. The molecule has 1 atom stereocenters. The number of nitrogens with one attached hydrogen (secondary N) is 2. The van der Waals surface area contributed by atoms with Crippen LogP contribution in [0.1, 0.15) is 33.1 Å². The number of amides is 3. The standard InChI is InChI=1S/C20H26N2O6/c1-3-26-16-11-10-15(12-17(16)27-4-2)21-20(25)22-18(23)13-28-19(24)14-8-6-5-7-9-14/h5-6,10-12,14H,3-4,7-9,13H2,1-2H3,(H2,21,22,23,25)/t14-/m1/s1. The van der Waals surface area contributed by atoms with E-state index in [9.17, 15) is 14.4 Å². The van der Waals surface area contributed by atoms with Gasteiger partial charge in [0.1, 0.15) is 0 Å². The van der Waals surface area contributed by atoms with Crippen LogP contribution >= 0.6 is 0 Å². The first-order valence-corrected chi connectivity index (χ1v) is 9.35. The third-order valence-corrected chi connectivity index (χ3v) is 4.00. The Morgan fingerprint density at radius 3 is 2.50 bits per heavy atom. The van der Waals surface area contributed by atoms with Gasteiger partial charge >= 0.3 is 12.0 Å². The Kier molecular flexibility index (Phi) is 8.33. The second-order valence-electron chi connectivity index (χ2n) is 6.12. The summed E-state index contributed by atoms with van der Waals surface area (Å²) in [6.07, 6.45) is 6.08. The van der Waals surface area contributed by atoms with E-state index in [0.29, 0.717) is 43.2 Å². The van der Waals surface area contributed by atoms with Gasteiger partial charge in [-0.3, -0.25) is 14.9 Å². The molecule has 8 nitrogen and oxygen atoms in total. The van der Waals surface area contributed by atoms with E-state index in [2.05, 4.69) is 10.6 Å².